The van der Waals surface area contributed by atoms with Gasteiger partial charge >= 0.3 is 0 Å². The van der Waals surface area contributed by atoms with E-state index in [0.717, 1.165) is 5.56 Å². The molecule has 2 nitrogen and oxygen atoms in total. The highest BCUT2D eigenvalue weighted by atomic mass is 35.5. The van der Waals surface area contributed by atoms with Gasteiger partial charge in [-0.2, -0.15) is 0 Å². The molecule has 0 amide bonds. The molecule has 3 aromatic carbocycles. The van der Waals surface area contributed by atoms with Crippen molar-refractivity contribution in [2.45, 2.75) is 19.3 Å². The molecule has 0 N–H and O–H groups in total. The van der Waals surface area contributed by atoms with Crippen molar-refractivity contribution in [2.75, 3.05) is 6.61 Å². The Labute approximate surface area is 158 Å². The van der Waals surface area contributed by atoms with Crippen molar-refractivity contribution in [3.8, 4) is 17.2 Å². The molecule has 0 atom stereocenters. The quantitative estimate of drug-likeness (QED) is 0.485. The lowest BCUT2D eigenvalue weighted by molar-refractivity contribution is 0.239. The lowest BCUT2D eigenvalue weighted by atomic mass is 9.86. The maximum atomic E-state index is 14.0. The predicted molar refractivity (Wildman–Crippen MR) is 103 cm³/mol. The Kier molecular flexibility index (Phi) is 5.48. The summed E-state index contributed by atoms with van der Waals surface area (Å²) in [5.41, 5.74) is 0.893. The summed E-state index contributed by atoms with van der Waals surface area (Å²) in [7, 11) is 0. The highest BCUT2D eigenvalue weighted by Crippen LogP contribution is 2.30. The van der Waals surface area contributed by atoms with Crippen LogP contribution in [0, 0.1) is 5.82 Å². The molecular formula is C22H20ClFO2. The Morgan fingerprint density at radius 2 is 1.58 bits per heavy atom. The van der Waals surface area contributed by atoms with Crippen molar-refractivity contribution in [2.24, 2.45) is 0 Å². The normalized spacial score (nSPS) is 11.2. The molecule has 0 fully saturated rings. The molecule has 0 saturated carbocycles. The summed E-state index contributed by atoms with van der Waals surface area (Å²) in [5, 5.41) is 0.701. The lowest BCUT2D eigenvalue weighted by Gasteiger charge is -2.25. The Hall–Kier alpha value is -2.52. The minimum absolute atomic E-state index is 0.137. The van der Waals surface area contributed by atoms with Gasteiger partial charge in [-0.3, -0.25) is 0 Å². The molecule has 0 unspecified atom stereocenters. The minimum Gasteiger partial charge on any atom is -0.493 e. The summed E-state index contributed by atoms with van der Waals surface area (Å²) < 4.78 is 25.6. The number of benzene rings is 3. The zero-order valence-corrected chi connectivity index (χ0v) is 15.5. The van der Waals surface area contributed by atoms with E-state index in [4.69, 9.17) is 21.1 Å². The van der Waals surface area contributed by atoms with Gasteiger partial charge in [-0.1, -0.05) is 55.8 Å². The van der Waals surface area contributed by atoms with Gasteiger partial charge in [0.2, 0.25) is 0 Å². The summed E-state index contributed by atoms with van der Waals surface area (Å²) in [5.74, 6) is 0.834. The van der Waals surface area contributed by atoms with E-state index in [9.17, 15) is 4.39 Å². The third-order valence-electron chi connectivity index (χ3n) is 4.10. The maximum Gasteiger partial charge on any atom is 0.166 e. The van der Waals surface area contributed by atoms with Crippen LogP contribution in [0.25, 0.3) is 0 Å². The molecule has 3 aromatic rings. The molecular weight excluding hydrogens is 351 g/mol. The first-order chi connectivity index (χ1) is 12.4. The van der Waals surface area contributed by atoms with Crippen LogP contribution in [-0.4, -0.2) is 6.61 Å². The van der Waals surface area contributed by atoms with Gasteiger partial charge in [-0.25, -0.2) is 4.39 Å². The summed E-state index contributed by atoms with van der Waals surface area (Å²) in [6.45, 7) is 4.60. The predicted octanol–water partition coefficient (Wildman–Crippen LogP) is 6.63. The number of ether oxygens (including phenoxy) is 2. The second-order valence-electron chi connectivity index (χ2n) is 6.69. The average molecular weight is 371 g/mol. The molecule has 0 bridgehead atoms. The van der Waals surface area contributed by atoms with Gasteiger partial charge in [0, 0.05) is 16.5 Å². The van der Waals surface area contributed by atoms with Crippen LogP contribution in [0.15, 0.2) is 72.8 Å². The SMILES string of the molecule is CC(C)(COc1ccc(F)c(Oc2ccccc2)c1)c1ccc(Cl)cc1. The molecule has 4 heteroatoms. The third-order valence-corrected chi connectivity index (χ3v) is 4.35. The lowest BCUT2D eigenvalue weighted by Crippen LogP contribution is -2.26. The van der Waals surface area contributed by atoms with Crippen molar-refractivity contribution in [1.82, 2.24) is 0 Å². The largest absolute Gasteiger partial charge is 0.493 e. The van der Waals surface area contributed by atoms with Crippen LogP contribution in [0.2, 0.25) is 5.02 Å². The van der Waals surface area contributed by atoms with E-state index < -0.39 is 5.82 Å². The van der Waals surface area contributed by atoms with Crippen LogP contribution in [0.3, 0.4) is 0 Å². The number of para-hydroxylation sites is 1. The minimum atomic E-state index is -0.432. The van der Waals surface area contributed by atoms with Crippen molar-refractivity contribution >= 4 is 11.6 Å². The van der Waals surface area contributed by atoms with Gasteiger partial charge < -0.3 is 9.47 Å². The first-order valence-electron chi connectivity index (χ1n) is 8.35. The van der Waals surface area contributed by atoms with Crippen molar-refractivity contribution < 1.29 is 13.9 Å². The van der Waals surface area contributed by atoms with Crippen molar-refractivity contribution in [3.63, 3.8) is 0 Å². The molecule has 0 heterocycles. The summed E-state index contributed by atoms with van der Waals surface area (Å²) in [4.78, 5) is 0. The second kappa shape index (κ2) is 7.79. The fourth-order valence-electron chi connectivity index (χ4n) is 2.52. The smallest absolute Gasteiger partial charge is 0.166 e. The molecule has 0 aliphatic rings. The number of halogens is 2. The molecule has 0 spiro atoms. The van der Waals surface area contributed by atoms with Gasteiger partial charge in [0.05, 0.1) is 6.61 Å². The molecule has 3 rings (SSSR count). The van der Waals surface area contributed by atoms with Crippen LogP contribution in [0.4, 0.5) is 4.39 Å². The topological polar surface area (TPSA) is 18.5 Å². The maximum absolute atomic E-state index is 14.0. The summed E-state index contributed by atoms with van der Waals surface area (Å²) >= 11 is 5.95. The van der Waals surface area contributed by atoms with Gasteiger partial charge in [0.1, 0.15) is 11.5 Å². The Bertz CT molecular complexity index is 861. The van der Waals surface area contributed by atoms with E-state index >= 15 is 0 Å². The van der Waals surface area contributed by atoms with Crippen LogP contribution >= 0.6 is 11.6 Å². The highest BCUT2D eigenvalue weighted by molar-refractivity contribution is 6.30. The Balaban J connectivity index is 1.72. The first kappa shape index (κ1) is 18.3. The van der Waals surface area contributed by atoms with Gasteiger partial charge in [-0.05, 0) is 42.0 Å². The molecule has 26 heavy (non-hydrogen) atoms. The zero-order chi connectivity index (χ0) is 18.6. The van der Waals surface area contributed by atoms with E-state index in [1.807, 2.05) is 42.5 Å². The number of hydrogen-bond acceptors (Lipinski definition) is 2. The fourth-order valence-corrected chi connectivity index (χ4v) is 2.64. The molecule has 0 aromatic heterocycles. The molecule has 134 valence electrons. The Morgan fingerprint density at radius 3 is 2.27 bits per heavy atom. The second-order valence-corrected chi connectivity index (χ2v) is 7.12. The van der Waals surface area contributed by atoms with Crippen LogP contribution < -0.4 is 9.47 Å². The van der Waals surface area contributed by atoms with Crippen molar-refractivity contribution in [3.05, 3.63) is 89.2 Å². The van der Waals surface area contributed by atoms with E-state index in [1.54, 1.807) is 24.3 Å². The molecule has 0 saturated heterocycles. The van der Waals surface area contributed by atoms with Gasteiger partial charge in [0.15, 0.2) is 11.6 Å². The van der Waals surface area contributed by atoms with Gasteiger partial charge in [-0.15, -0.1) is 0 Å². The summed E-state index contributed by atoms with van der Waals surface area (Å²) in [6, 6.07) is 21.3. The van der Waals surface area contributed by atoms with E-state index in [-0.39, 0.29) is 11.2 Å². The van der Waals surface area contributed by atoms with E-state index in [1.165, 1.54) is 6.07 Å². The summed E-state index contributed by atoms with van der Waals surface area (Å²) in [6.07, 6.45) is 0. The molecule has 0 aliphatic heterocycles. The standard InChI is InChI=1S/C22H20ClFO2/c1-22(2,16-8-10-17(23)11-9-16)15-25-19-12-13-20(24)21(14-19)26-18-6-4-3-5-7-18/h3-14H,15H2,1-2H3. The highest BCUT2D eigenvalue weighted by Gasteiger charge is 2.22. The Morgan fingerprint density at radius 1 is 0.885 bits per heavy atom. The average Bonchev–Trinajstić information content (AvgIpc) is 2.64. The number of rotatable bonds is 6. The van der Waals surface area contributed by atoms with E-state index in [2.05, 4.69) is 13.8 Å². The van der Waals surface area contributed by atoms with Crippen LogP contribution in [0.1, 0.15) is 19.4 Å². The monoisotopic (exact) mass is 370 g/mol. The molecule has 0 radical (unpaired) electrons. The first-order valence-corrected chi connectivity index (χ1v) is 8.73. The van der Waals surface area contributed by atoms with Crippen molar-refractivity contribution in [1.29, 1.82) is 0 Å². The number of hydrogen-bond donors (Lipinski definition) is 0. The van der Waals surface area contributed by atoms with E-state index in [0.29, 0.717) is 23.1 Å². The van der Waals surface area contributed by atoms with Gasteiger partial charge in [0.25, 0.3) is 0 Å². The molecule has 0 aliphatic carbocycles. The fraction of sp³-hybridized carbons (Fsp3) is 0.182. The van der Waals surface area contributed by atoms with Crippen LogP contribution in [-0.2, 0) is 5.41 Å². The third kappa shape index (κ3) is 4.55. The zero-order valence-electron chi connectivity index (χ0n) is 14.7. The van der Waals surface area contributed by atoms with Crippen LogP contribution in [0.5, 0.6) is 17.2 Å².